The Bertz CT molecular complexity index is 2040. The highest BCUT2D eigenvalue weighted by atomic mass is 19.1. The molecule has 2 amide bonds. The van der Waals surface area contributed by atoms with Gasteiger partial charge in [0.25, 0.3) is 0 Å². The summed E-state index contributed by atoms with van der Waals surface area (Å²) in [5, 5.41) is 18.4. The molecule has 16 heteroatoms. The number of hydrogen-bond donors (Lipinski definition) is 1. The lowest BCUT2D eigenvalue weighted by Crippen LogP contribution is -2.34. The summed E-state index contributed by atoms with van der Waals surface area (Å²) < 4.78 is 45.1. The van der Waals surface area contributed by atoms with Crippen LogP contribution in [0.25, 0.3) is 5.69 Å². The highest BCUT2D eigenvalue weighted by Gasteiger charge is 2.44. The summed E-state index contributed by atoms with van der Waals surface area (Å²) in [7, 11) is 0. The summed E-state index contributed by atoms with van der Waals surface area (Å²) in [4.78, 5) is 44.0. The second-order valence-electron chi connectivity index (χ2n) is 13.0. The smallest absolute Gasteiger partial charge is 0.350 e. The van der Waals surface area contributed by atoms with Gasteiger partial charge in [0.2, 0.25) is 12.8 Å². The first-order chi connectivity index (χ1) is 25.6. The van der Waals surface area contributed by atoms with Crippen molar-refractivity contribution in [2.45, 2.75) is 51.0 Å². The van der Waals surface area contributed by atoms with Crippen molar-refractivity contribution in [3.63, 3.8) is 0 Å². The van der Waals surface area contributed by atoms with Gasteiger partial charge in [0, 0.05) is 42.0 Å². The van der Waals surface area contributed by atoms with Crippen LogP contribution in [-0.4, -0.2) is 79.4 Å². The Morgan fingerprint density at radius 2 is 1.68 bits per heavy atom. The standard InChI is InChI=1S/C37H40F2N8O6/c1-3-35(26(2)50)47-36(51)46(23-42-47)31-7-5-29(6-8-31)43(24-48)14-15-44(25-49)30-9-11-32(12-10-30)52-18-27-17-37(53-19-27,20-45-22-40-21-41-45)33-13-4-28(38)16-34(33)39/h4-13,16,21-27,35,50H,3,14-15,17-20H2,1-2H3/t26-,27+,35-,37-/m0/s1. The fourth-order valence-electron chi connectivity index (χ4n) is 6.68. The topological polar surface area (TPSA) is 150 Å². The van der Waals surface area contributed by atoms with Gasteiger partial charge in [0.15, 0.2) is 0 Å². The minimum absolute atomic E-state index is 0.111. The number of ether oxygens (including phenoxy) is 2. The van der Waals surface area contributed by atoms with Gasteiger partial charge in [-0.3, -0.25) is 9.59 Å². The van der Waals surface area contributed by atoms with Crippen LogP contribution in [0.5, 0.6) is 5.75 Å². The first kappa shape index (κ1) is 37.0. The van der Waals surface area contributed by atoms with E-state index in [4.69, 9.17) is 9.47 Å². The van der Waals surface area contributed by atoms with E-state index in [1.54, 1.807) is 60.1 Å². The number of halogens is 2. The zero-order valence-corrected chi connectivity index (χ0v) is 29.2. The zero-order chi connectivity index (χ0) is 37.5. The van der Waals surface area contributed by atoms with E-state index in [1.165, 1.54) is 50.2 Å². The fourth-order valence-corrected chi connectivity index (χ4v) is 6.68. The van der Waals surface area contributed by atoms with Gasteiger partial charge < -0.3 is 24.4 Å². The number of aromatic nitrogens is 6. The van der Waals surface area contributed by atoms with Crippen molar-refractivity contribution in [2.24, 2.45) is 5.92 Å². The first-order valence-electron chi connectivity index (χ1n) is 17.2. The van der Waals surface area contributed by atoms with Crippen LogP contribution in [-0.2, 0) is 26.5 Å². The van der Waals surface area contributed by atoms with Gasteiger partial charge in [-0.2, -0.15) is 10.2 Å². The van der Waals surface area contributed by atoms with E-state index in [0.717, 1.165) is 6.07 Å². The molecule has 2 aromatic heterocycles. The minimum Gasteiger partial charge on any atom is -0.493 e. The van der Waals surface area contributed by atoms with Gasteiger partial charge >= 0.3 is 5.69 Å². The predicted molar refractivity (Wildman–Crippen MR) is 190 cm³/mol. The third-order valence-corrected chi connectivity index (χ3v) is 9.45. The maximum absolute atomic E-state index is 15.0. The number of rotatable bonds is 17. The lowest BCUT2D eigenvalue weighted by atomic mass is 9.87. The molecular weight excluding hydrogens is 690 g/mol. The number of anilines is 2. The van der Waals surface area contributed by atoms with E-state index in [2.05, 4.69) is 15.2 Å². The second-order valence-corrected chi connectivity index (χ2v) is 13.0. The van der Waals surface area contributed by atoms with Gasteiger partial charge in [-0.15, -0.1) is 0 Å². The van der Waals surface area contributed by atoms with Crippen molar-refractivity contribution in [1.29, 1.82) is 0 Å². The number of hydrogen-bond acceptors (Lipinski definition) is 9. The number of aliphatic hydroxyl groups is 1. The van der Waals surface area contributed by atoms with Crippen molar-refractivity contribution in [3.8, 4) is 11.4 Å². The van der Waals surface area contributed by atoms with Gasteiger partial charge in [-0.05, 0) is 74.4 Å². The molecule has 6 rings (SSSR count). The molecule has 278 valence electrons. The molecule has 14 nitrogen and oxygen atoms in total. The van der Waals surface area contributed by atoms with Crippen molar-refractivity contribution in [3.05, 3.63) is 113 Å². The summed E-state index contributed by atoms with van der Waals surface area (Å²) in [5.41, 5.74) is 0.463. The highest BCUT2D eigenvalue weighted by Crippen LogP contribution is 2.42. The Morgan fingerprint density at radius 1 is 1.00 bits per heavy atom. The van der Waals surface area contributed by atoms with Crippen LogP contribution in [0.3, 0.4) is 0 Å². The largest absolute Gasteiger partial charge is 0.493 e. The zero-order valence-electron chi connectivity index (χ0n) is 29.2. The molecular formula is C37H40F2N8O6. The molecule has 1 aliphatic rings. The molecule has 0 saturated carbocycles. The third kappa shape index (κ3) is 8.18. The minimum atomic E-state index is -1.09. The normalized spacial score (nSPS) is 18.0. The van der Waals surface area contributed by atoms with E-state index in [9.17, 15) is 28.3 Å². The monoisotopic (exact) mass is 730 g/mol. The van der Waals surface area contributed by atoms with E-state index >= 15 is 0 Å². The summed E-state index contributed by atoms with van der Waals surface area (Å²) >= 11 is 0. The van der Waals surface area contributed by atoms with E-state index in [1.807, 2.05) is 6.92 Å². The van der Waals surface area contributed by atoms with E-state index < -0.39 is 29.4 Å². The molecule has 53 heavy (non-hydrogen) atoms. The predicted octanol–water partition coefficient (Wildman–Crippen LogP) is 3.87. The number of benzene rings is 3. The Hall–Kier alpha value is -5.74. The maximum atomic E-state index is 15.0. The Morgan fingerprint density at radius 3 is 2.26 bits per heavy atom. The fraction of sp³-hybridized carbons (Fsp3) is 0.351. The van der Waals surface area contributed by atoms with Crippen LogP contribution < -0.4 is 20.2 Å². The lowest BCUT2D eigenvalue weighted by molar-refractivity contribution is -0.108. The summed E-state index contributed by atoms with van der Waals surface area (Å²) in [6.07, 6.45) is 5.83. The average molecular weight is 731 g/mol. The molecule has 4 atom stereocenters. The molecule has 1 saturated heterocycles. The van der Waals surface area contributed by atoms with Crippen molar-refractivity contribution < 1.29 is 33.0 Å². The number of nitrogens with zero attached hydrogens (tertiary/aromatic N) is 8. The van der Waals surface area contributed by atoms with Crippen LogP contribution in [0.1, 0.15) is 38.3 Å². The molecule has 1 fully saturated rings. The molecule has 0 radical (unpaired) electrons. The second kappa shape index (κ2) is 16.3. The van der Waals surface area contributed by atoms with Crippen molar-refractivity contribution >= 4 is 24.2 Å². The molecule has 0 aliphatic carbocycles. The number of amides is 2. The third-order valence-electron chi connectivity index (χ3n) is 9.45. The Labute approximate surface area is 303 Å². The first-order valence-corrected chi connectivity index (χ1v) is 17.2. The average Bonchev–Trinajstić information content (AvgIpc) is 3.91. The molecule has 3 heterocycles. The van der Waals surface area contributed by atoms with Gasteiger partial charge in [-0.25, -0.2) is 32.5 Å². The van der Waals surface area contributed by atoms with Crippen LogP contribution in [0.2, 0.25) is 0 Å². The lowest BCUT2D eigenvalue weighted by Gasteiger charge is -2.29. The van der Waals surface area contributed by atoms with Gasteiger partial charge in [-0.1, -0.05) is 13.0 Å². The molecule has 1 aliphatic heterocycles. The summed E-state index contributed by atoms with van der Waals surface area (Å²) in [6.45, 7) is 4.61. The molecule has 0 unspecified atom stereocenters. The van der Waals surface area contributed by atoms with Crippen LogP contribution in [0.4, 0.5) is 20.2 Å². The molecule has 0 spiro atoms. The van der Waals surface area contributed by atoms with Crippen LogP contribution in [0, 0.1) is 17.6 Å². The number of carbonyl (C=O) groups excluding carboxylic acids is 2. The van der Waals surface area contributed by atoms with Crippen molar-refractivity contribution in [1.82, 2.24) is 29.1 Å². The van der Waals surface area contributed by atoms with Gasteiger partial charge in [0.05, 0.1) is 37.6 Å². The van der Waals surface area contributed by atoms with Gasteiger partial charge in [0.1, 0.15) is 42.0 Å². The Kier molecular flexibility index (Phi) is 11.4. The van der Waals surface area contributed by atoms with Crippen molar-refractivity contribution in [2.75, 3.05) is 36.1 Å². The van der Waals surface area contributed by atoms with E-state index in [0.29, 0.717) is 48.5 Å². The number of aliphatic hydroxyl groups excluding tert-OH is 1. The van der Waals surface area contributed by atoms with Crippen LogP contribution >= 0.6 is 0 Å². The summed E-state index contributed by atoms with van der Waals surface area (Å²) in [5.74, 6) is -0.936. The highest BCUT2D eigenvalue weighted by molar-refractivity contribution is 5.78. The maximum Gasteiger partial charge on any atom is 0.350 e. The number of carbonyl (C=O) groups is 2. The molecule has 5 aromatic rings. The van der Waals surface area contributed by atoms with E-state index in [-0.39, 0.29) is 50.0 Å². The molecule has 1 N–H and O–H groups in total. The summed E-state index contributed by atoms with van der Waals surface area (Å²) in [6, 6.07) is 16.7. The molecule has 0 bridgehead atoms. The molecule has 3 aromatic carbocycles. The Balaban J connectivity index is 1.05. The quantitative estimate of drug-likeness (QED) is 0.141. The SMILES string of the molecule is CC[C@@H]([C@H](C)O)n1ncn(-c2ccc(N(C=O)CCN(C=O)c3ccc(OC[C@@H]4CO[C@@](Cn5cncn5)(c5ccc(F)cc5F)C4)cc3)cc2)c1=O. The van der Waals surface area contributed by atoms with Crippen LogP contribution in [0.15, 0.2) is 90.5 Å².